The van der Waals surface area contributed by atoms with Crippen LogP contribution in [0.2, 0.25) is 0 Å². The van der Waals surface area contributed by atoms with E-state index in [0.29, 0.717) is 13.0 Å². The average Bonchev–Trinajstić information content (AvgIpc) is 3.46. The summed E-state index contributed by atoms with van der Waals surface area (Å²) in [6.45, 7) is 0.649. The molecule has 1 aromatic heterocycles. The molecule has 0 N–H and O–H groups in total. The van der Waals surface area contributed by atoms with Gasteiger partial charge in [0.05, 0.1) is 12.9 Å². The maximum Gasteiger partial charge on any atom is 0.163 e. The van der Waals surface area contributed by atoms with Crippen molar-refractivity contribution in [3.63, 3.8) is 0 Å². The van der Waals surface area contributed by atoms with Gasteiger partial charge in [-0.25, -0.2) is 4.98 Å². The van der Waals surface area contributed by atoms with Crippen LogP contribution >= 0.6 is 11.8 Å². The smallest absolute Gasteiger partial charge is 0.163 e. The number of carbonyl (C=O) groups excluding carboxylic acids is 1. The van der Waals surface area contributed by atoms with Gasteiger partial charge in [-0.15, -0.1) is 11.8 Å². The van der Waals surface area contributed by atoms with Gasteiger partial charge in [0.25, 0.3) is 0 Å². The normalized spacial score (nSPS) is 13.9. The van der Waals surface area contributed by atoms with Gasteiger partial charge in [-0.05, 0) is 52.9 Å². The van der Waals surface area contributed by atoms with E-state index in [-0.39, 0.29) is 11.9 Å². The number of thioether (sulfide) groups is 1. The molecule has 5 heteroatoms. The molecule has 0 amide bonds. The highest BCUT2D eigenvalue weighted by atomic mass is 32.2. The molecular weight excluding hydrogens is 476 g/mol. The number of hydrogen-bond acceptors (Lipinski definition) is 4. The number of imidazole rings is 1. The van der Waals surface area contributed by atoms with Crippen LogP contribution in [0.15, 0.2) is 109 Å². The number of rotatable bonds is 8. The number of fused-ring (bicyclic) bond motifs is 2. The predicted molar refractivity (Wildman–Crippen MR) is 149 cm³/mol. The summed E-state index contributed by atoms with van der Waals surface area (Å²) in [5.74, 6) is 1.84. The van der Waals surface area contributed by atoms with Gasteiger partial charge in [0, 0.05) is 40.6 Å². The van der Waals surface area contributed by atoms with Crippen LogP contribution in [0.4, 0.5) is 0 Å². The largest absolute Gasteiger partial charge is 0.484 e. The summed E-state index contributed by atoms with van der Waals surface area (Å²) in [4.78, 5) is 18.2. The molecule has 1 atom stereocenters. The van der Waals surface area contributed by atoms with E-state index in [4.69, 9.17) is 4.74 Å². The Hall–Kier alpha value is -3.83. The minimum Gasteiger partial charge on any atom is -0.484 e. The lowest BCUT2D eigenvalue weighted by Gasteiger charge is -2.26. The van der Waals surface area contributed by atoms with Crippen LogP contribution in [0, 0.1) is 0 Å². The van der Waals surface area contributed by atoms with Gasteiger partial charge in [-0.1, -0.05) is 66.7 Å². The van der Waals surface area contributed by atoms with E-state index in [1.54, 1.807) is 6.20 Å². The zero-order valence-corrected chi connectivity index (χ0v) is 21.4. The topological polar surface area (TPSA) is 44.1 Å². The number of ether oxygens (including phenoxy) is 1. The molecule has 4 aromatic carbocycles. The second-order valence-electron chi connectivity index (χ2n) is 9.39. The van der Waals surface area contributed by atoms with Crippen molar-refractivity contribution in [2.45, 2.75) is 42.6 Å². The summed E-state index contributed by atoms with van der Waals surface area (Å²) in [6.07, 6.45) is 7.80. The van der Waals surface area contributed by atoms with Crippen LogP contribution in [-0.2, 0) is 18.7 Å². The maximum atomic E-state index is 12.8. The third kappa shape index (κ3) is 5.05. The Kier molecular flexibility index (Phi) is 6.78. The number of benzene rings is 4. The van der Waals surface area contributed by atoms with Crippen LogP contribution in [0.3, 0.4) is 0 Å². The average molecular weight is 505 g/mol. The summed E-state index contributed by atoms with van der Waals surface area (Å²) in [5, 5.41) is 2.49. The Morgan fingerprint density at radius 1 is 0.919 bits per heavy atom. The SMILES string of the molecule is O=C1CCCc2c1ccc(OC(Cn1ccnc1)c1ccccc1)c2CSc1cccc2ccccc12. The van der Waals surface area contributed by atoms with E-state index >= 15 is 0 Å². The van der Waals surface area contributed by atoms with Crippen LogP contribution in [0.5, 0.6) is 5.75 Å². The van der Waals surface area contributed by atoms with Crippen LogP contribution in [0.1, 0.15) is 46.0 Å². The predicted octanol–water partition coefficient (Wildman–Crippen LogP) is 7.67. The highest BCUT2D eigenvalue weighted by Crippen LogP contribution is 2.39. The van der Waals surface area contributed by atoms with Crippen LogP contribution in [0.25, 0.3) is 10.8 Å². The zero-order valence-electron chi connectivity index (χ0n) is 20.5. The van der Waals surface area contributed by atoms with Crippen molar-refractivity contribution in [2.75, 3.05) is 0 Å². The minimum atomic E-state index is -0.186. The summed E-state index contributed by atoms with van der Waals surface area (Å²) in [7, 11) is 0. The fourth-order valence-corrected chi connectivity index (χ4v) is 6.27. The first kappa shape index (κ1) is 23.6. The molecule has 1 unspecified atom stereocenters. The Bertz CT molecular complexity index is 1520. The van der Waals surface area contributed by atoms with Gasteiger partial charge in [-0.3, -0.25) is 4.79 Å². The van der Waals surface area contributed by atoms with Crippen molar-refractivity contribution in [3.8, 4) is 5.75 Å². The first-order chi connectivity index (χ1) is 18.3. The number of Topliss-reactive ketones (excluding diaryl/α,β-unsaturated/α-hetero) is 1. The first-order valence-electron chi connectivity index (χ1n) is 12.7. The van der Waals surface area contributed by atoms with Crippen molar-refractivity contribution in [1.29, 1.82) is 0 Å². The molecule has 0 bridgehead atoms. The lowest BCUT2D eigenvalue weighted by Crippen LogP contribution is -2.18. The van der Waals surface area contributed by atoms with Crippen molar-refractivity contribution < 1.29 is 9.53 Å². The van der Waals surface area contributed by atoms with E-state index in [0.717, 1.165) is 46.6 Å². The highest BCUT2D eigenvalue weighted by molar-refractivity contribution is 7.98. The monoisotopic (exact) mass is 504 g/mol. The van der Waals surface area contributed by atoms with E-state index in [9.17, 15) is 4.79 Å². The summed E-state index contributed by atoms with van der Waals surface area (Å²) in [5.41, 5.74) is 4.25. The molecule has 0 spiro atoms. The van der Waals surface area contributed by atoms with E-state index in [2.05, 4.69) is 59.6 Å². The Morgan fingerprint density at radius 2 is 1.76 bits per heavy atom. The number of nitrogens with zero attached hydrogens (tertiary/aromatic N) is 2. The summed E-state index contributed by atoms with van der Waals surface area (Å²) < 4.78 is 8.85. The first-order valence-corrected chi connectivity index (χ1v) is 13.7. The fourth-order valence-electron chi connectivity index (χ4n) is 5.14. The Balaban J connectivity index is 1.37. The molecule has 6 rings (SSSR count). The summed E-state index contributed by atoms with van der Waals surface area (Å²) in [6, 6.07) is 29.2. The van der Waals surface area contributed by atoms with Gasteiger partial charge in [0.1, 0.15) is 11.9 Å². The molecule has 1 heterocycles. The van der Waals surface area contributed by atoms with E-state index in [1.165, 1.54) is 15.7 Å². The van der Waals surface area contributed by atoms with Crippen molar-refractivity contribution in [2.24, 2.45) is 0 Å². The molecule has 0 aliphatic heterocycles. The van der Waals surface area contributed by atoms with Gasteiger partial charge in [-0.2, -0.15) is 0 Å². The molecule has 0 saturated carbocycles. The van der Waals surface area contributed by atoms with Gasteiger partial charge in [0.15, 0.2) is 5.78 Å². The fraction of sp³-hybridized carbons (Fsp3) is 0.188. The molecule has 1 aliphatic carbocycles. The summed E-state index contributed by atoms with van der Waals surface area (Å²) >= 11 is 1.81. The number of carbonyl (C=O) groups is 1. The van der Waals surface area contributed by atoms with Crippen molar-refractivity contribution >= 4 is 28.3 Å². The van der Waals surface area contributed by atoms with Gasteiger partial charge >= 0.3 is 0 Å². The molecule has 0 fully saturated rings. The quantitative estimate of drug-likeness (QED) is 0.203. The number of ketones is 1. The molecule has 0 radical (unpaired) electrons. The molecule has 0 saturated heterocycles. The maximum absolute atomic E-state index is 12.8. The van der Waals surface area contributed by atoms with Crippen LogP contribution < -0.4 is 4.74 Å². The third-order valence-electron chi connectivity index (χ3n) is 7.02. The van der Waals surface area contributed by atoms with E-state index in [1.807, 2.05) is 59.2 Å². The van der Waals surface area contributed by atoms with Crippen molar-refractivity contribution in [3.05, 3.63) is 126 Å². The minimum absolute atomic E-state index is 0.186. The standard InChI is InChI=1S/C32H28N2O2S/c35-29-14-7-13-26-27(29)16-17-30(28(26)21-37-32-15-6-11-23-8-4-5-12-25(23)32)36-31(20-34-19-18-33-22-34)24-9-2-1-3-10-24/h1-6,8-12,15-19,22,31H,7,13-14,20-21H2. The zero-order chi connectivity index (χ0) is 25.0. The Morgan fingerprint density at radius 3 is 2.62 bits per heavy atom. The third-order valence-corrected chi connectivity index (χ3v) is 8.12. The van der Waals surface area contributed by atoms with Gasteiger partial charge < -0.3 is 9.30 Å². The highest BCUT2D eigenvalue weighted by Gasteiger charge is 2.25. The second kappa shape index (κ2) is 10.7. The Labute approximate surface area is 221 Å². The van der Waals surface area contributed by atoms with E-state index < -0.39 is 0 Å². The van der Waals surface area contributed by atoms with Crippen molar-refractivity contribution in [1.82, 2.24) is 9.55 Å². The molecular formula is C32H28N2O2S. The molecule has 37 heavy (non-hydrogen) atoms. The molecule has 5 aromatic rings. The lowest BCUT2D eigenvalue weighted by molar-refractivity contribution is 0.0972. The molecule has 4 nitrogen and oxygen atoms in total. The number of aromatic nitrogens is 2. The molecule has 184 valence electrons. The second-order valence-corrected chi connectivity index (χ2v) is 10.4. The van der Waals surface area contributed by atoms with Crippen LogP contribution in [-0.4, -0.2) is 15.3 Å². The lowest BCUT2D eigenvalue weighted by atomic mass is 9.87. The molecule has 1 aliphatic rings. The van der Waals surface area contributed by atoms with Gasteiger partial charge in [0.2, 0.25) is 0 Å². The number of hydrogen-bond donors (Lipinski definition) is 0.